The smallest absolute Gasteiger partial charge is 0.0831 e. The molecule has 0 amide bonds. The molecule has 0 fully saturated rings. The first-order chi connectivity index (χ1) is 7.91. The van der Waals surface area contributed by atoms with Gasteiger partial charge in [-0.15, -0.1) is 0 Å². The first-order valence-electron chi connectivity index (χ1n) is 6.97. The molecule has 0 aromatic heterocycles. The van der Waals surface area contributed by atoms with Crippen LogP contribution in [0.5, 0.6) is 0 Å². The lowest BCUT2D eigenvalue weighted by Gasteiger charge is -2.51. The van der Waals surface area contributed by atoms with Gasteiger partial charge in [0.25, 0.3) is 0 Å². The Labute approximate surface area is 108 Å². The summed E-state index contributed by atoms with van der Waals surface area (Å²) in [5.41, 5.74) is 5.57. The minimum absolute atomic E-state index is 0.0624. The van der Waals surface area contributed by atoms with Crippen LogP contribution in [0.15, 0.2) is 0 Å². The van der Waals surface area contributed by atoms with E-state index in [0.717, 1.165) is 39.0 Å². The van der Waals surface area contributed by atoms with Gasteiger partial charge < -0.3 is 10.5 Å². The number of hydrogen-bond donors (Lipinski definition) is 1. The summed E-state index contributed by atoms with van der Waals surface area (Å²) in [5.74, 6) is 0. The summed E-state index contributed by atoms with van der Waals surface area (Å²) >= 11 is 0. The minimum Gasteiger partial charge on any atom is -0.374 e. The molecule has 0 saturated heterocycles. The lowest BCUT2D eigenvalue weighted by Crippen LogP contribution is -2.61. The van der Waals surface area contributed by atoms with Crippen molar-refractivity contribution in [2.24, 2.45) is 5.73 Å². The molecule has 0 aliphatic rings. The molecule has 0 rings (SSSR count). The Morgan fingerprint density at radius 2 is 1.71 bits per heavy atom. The van der Waals surface area contributed by atoms with Crippen LogP contribution >= 0.6 is 0 Å². The molecule has 2 unspecified atom stereocenters. The highest BCUT2D eigenvalue weighted by molar-refractivity contribution is 5.00. The van der Waals surface area contributed by atoms with Crippen LogP contribution in [0.25, 0.3) is 0 Å². The molecule has 104 valence electrons. The Hall–Kier alpha value is -0.120. The predicted molar refractivity (Wildman–Crippen MR) is 75.3 cm³/mol. The summed E-state index contributed by atoms with van der Waals surface area (Å²) in [4.78, 5) is 2.42. The second kappa shape index (κ2) is 7.34. The molecule has 0 bridgehead atoms. The van der Waals surface area contributed by atoms with Gasteiger partial charge in [0.15, 0.2) is 0 Å². The van der Waals surface area contributed by atoms with Gasteiger partial charge >= 0.3 is 0 Å². The number of likely N-dealkylation sites (N-methyl/N-ethyl adjacent to an activating group) is 1. The first-order valence-corrected chi connectivity index (χ1v) is 6.97. The molecule has 17 heavy (non-hydrogen) atoms. The fraction of sp³-hybridized carbons (Fsp3) is 1.00. The monoisotopic (exact) mass is 244 g/mol. The second-order valence-electron chi connectivity index (χ2n) is 5.21. The SMILES string of the molecule is CCOC(C)(CC)C(C)(CC)N(C)CCCN. The Morgan fingerprint density at radius 1 is 1.12 bits per heavy atom. The number of ether oxygens (including phenoxy) is 1. The molecule has 0 aromatic rings. The van der Waals surface area contributed by atoms with Gasteiger partial charge in [-0.3, -0.25) is 4.90 Å². The van der Waals surface area contributed by atoms with E-state index in [9.17, 15) is 0 Å². The van der Waals surface area contributed by atoms with E-state index in [1.165, 1.54) is 0 Å². The quantitative estimate of drug-likeness (QED) is 0.677. The zero-order valence-electron chi connectivity index (χ0n) is 12.7. The van der Waals surface area contributed by atoms with Crippen molar-refractivity contribution < 1.29 is 4.74 Å². The van der Waals surface area contributed by atoms with E-state index in [4.69, 9.17) is 10.5 Å². The number of nitrogens with zero attached hydrogens (tertiary/aromatic N) is 1. The summed E-state index contributed by atoms with van der Waals surface area (Å²) in [5, 5.41) is 0. The van der Waals surface area contributed by atoms with Gasteiger partial charge in [-0.25, -0.2) is 0 Å². The lowest BCUT2D eigenvalue weighted by atomic mass is 9.77. The van der Waals surface area contributed by atoms with Crippen molar-refractivity contribution in [1.29, 1.82) is 0 Å². The van der Waals surface area contributed by atoms with Crippen LogP contribution in [0, 0.1) is 0 Å². The summed E-state index contributed by atoms with van der Waals surface area (Å²) in [7, 11) is 2.19. The van der Waals surface area contributed by atoms with Crippen molar-refractivity contribution in [2.75, 3.05) is 26.7 Å². The topological polar surface area (TPSA) is 38.5 Å². The molecule has 2 N–H and O–H groups in total. The first kappa shape index (κ1) is 16.9. The van der Waals surface area contributed by atoms with Crippen LogP contribution in [-0.4, -0.2) is 42.8 Å². The summed E-state index contributed by atoms with van der Waals surface area (Å²) in [6.07, 6.45) is 3.15. The second-order valence-corrected chi connectivity index (χ2v) is 5.21. The van der Waals surface area contributed by atoms with Gasteiger partial charge in [0.1, 0.15) is 0 Å². The third-order valence-electron chi connectivity index (χ3n) is 4.51. The van der Waals surface area contributed by atoms with Crippen LogP contribution in [-0.2, 0) is 4.74 Å². The van der Waals surface area contributed by atoms with Gasteiger partial charge in [-0.05, 0) is 60.2 Å². The van der Waals surface area contributed by atoms with Crippen molar-refractivity contribution in [3.05, 3.63) is 0 Å². The molecule has 0 spiro atoms. The van der Waals surface area contributed by atoms with Crippen LogP contribution in [0.4, 0.5) is 0 Å². The zero-order valence-corrected chi connectivity index (χ0v) is 12.7. The van der Waals surface area contributed by atoms with Gasteiger partial charge in [0.05, 0.1) is 5.60 Å². The molecule has 3 heteroatoms. The van der Waals surface area contributed by atoms with Gasteiger partial charge in [0, 0.05) is 12.1 Å². The third kappa shape index (κ3) is 3.67. The third-order valence-corrected chi connectivity index (χ3v) is 4.51. The van der Waals surface area contributed by atoms with E-state index in [-0.39, 0.29) is 11.1 Å². The Bertz CT molecular complexity index is 210. The summed E-state index contributed by atoms with van der Waals surface area (Å²) < 4.78 is 6.06. The largest absolute Gasteiger partial charge is 0.374 e. The molecule has 3 nitrogen and oxygen atoms in total. The number of rotatable bonds is 9. The van der Waals surface area contributed by atoms with Crippen molar-refractivity contribution in [3.8, 4) is 0 Å². The van der Waals surface area contributed by atoms with E-state index in [0.29, 0.717) is 0 Å². The fourth-order valence-corrected chi connectivity index (χ4v) is 2.58. The predicted octanol–water partition coefficient (Wildman–Crippen LogP) is 2.64. The molecular weight excluding hydrogens is 212 g/mol. The summed E-state index contributed by atoms with van der Waals surface area (Å²) in [6.45, 7) is 13.6. The molecule has 0 aromatic carbocycles. The zero-order chi connectivity index (χ0) is 13.5. The highest BCUT2D eigenvalue weighted by Gasteiger charge is 2.45. The maximum Gasteiger partial charge on any atom is 0.0831 e. The van der Waals surface area contributed by atoms with Crippen molar-refractivity contribution in [2.45, 2.75) is 65.0 Å². The average molecular weight is 244 g/mol. The number of hydrogen-bond acceptors (Lipinski definition) is 3. The van der Waals surface area contributed by atoms with E-state index in [1.54, 1.807) is 0 Å². The normalized spacial score (nSPS) is 19.1. The molecule has 0 aliphatic heterocycles. The molecular formula is C14H32N2O. The van der Waals surface area contributed by atoms with Crippen molar-refractivity contribution in [3.63, 3.8) is 0 Å². The standard InChI is InChI=1S/C14H32N2O/c1-7-13(4,16(6)12-10-11-15)14(5,8-2)17-9-3/h7-12,15H2,1-6H3. The molecule has 2 atom stereocenters. The van der Waals surface area contributed by atoms with Crippen LogP contribution < -0.4 is 5.73 Å². The summed E-state index contributed by atoms with van der Waals surface area (Å²) in [6, 6.07) is 0. The maximum absolute atomic E-state index is 6.06. The Kier molecular flexibility index (Phi) is 7.29. The Morgan fingerprint density at radius 3 is 2.06 bits per heavy atom. The van der Waals surface area contributed by atoms with Gasteiger partial charge in [-0.1, -0.05) is 13.8 Å². The highest BCUT2D eigenvalue weighted by Crippen LogP contribution is 2.36. The van der Waals surface area contributed by atoms with Crippen molar-refractivity contribution in [1.82, 2.24) is 4.90 Å². The average Bonchev–Trinajstić information content (AvgIpc) is 2.34. The van der Waals surface area contributed by atoms with Gasteiger partial charge in [0.2, 0.25) is 0 Å². The fourth-order valence-electron chi connectivity index (χ4n) is 2.58. The highest BCUT2D eigenvalue weighted by atomic mass is 16.5. The molecule has 0 heterocycles. The van der Waals surface area contributed by atoms with Crippen LogP contribution in [0.1, 0.15) is 53.9 Å². The van der Waals surface area contributed by atoms with E-state index < -0.39 is 0 Å². The lowest BCUT2D eigenvalue weighted by molar-refractivity contribution is -0.132. The van der Waals surface area contributed by atoms with E-state index in [1.807, 2.05) is 0 Å². The van der Waals surface area contributed by atoms with Crippen LogP contribution in [0.3, 0.4) is 0 Å². The Balaban J connectivity index is 4.94. The van der Waals surface area contributed by atoms with Crippen molar-refractivity contribution >= 4 is 0 Å². The van der Waals surface area contributed by atoms with E-state index in [2.05, 4.69) is 46.6 Å². The van der Waals surface area contributed by atoms with E-state index >= 15 is 0 Å². The minimum atomic E-state index is -0.0974. The number of nitrogens with two attached hydrogens (primary N) is 1. The molecule has 0 radical (unpaired) electrons. The van der Waals surface area contributed by atoms with Gasteiger partial charge in [-0.2, -0.15) is 0 Å². The molecule has 0 aliphatic carbocycles. The molecule has 0 saturated carbocycles. The maximum atomic E-state index is 6.06. The van der Waals surface area contributed by atoms with Crippen LogP contribution in [0.2, 0.25) is 0 Å².